The molecule has 1 aromatic rings. The van der Waals surface area contributed by atoms with E-state index in [2.05, 4.69) is 0 Å². The quantitative estimate of drug-likeness (QED) is 0.716. The third-order valence-corrected chi connectivity index (χ3v) is 4.66. The van der Waals surface area contributed by atoms with E-state index in [1.807, 2.05) is 0 Å². The van der Waals surface area contributed by atoms with Crippen LogP contribution in [0.15, 0.2) is 23.1 Å². The van der Waals surface area contributed by atoms with Gasteiger partial charge in [-0.05, 0) is 19.9 Å². The van der Waals surface area contributed by atoms with Gasteiger partial charge in [0.2, 0.25) is 0 Å². The summed E-state index contributed by atoms with van der Waals surface area (Å²) in [5.41, 5.74) is -0.135. The van der Waals surface area contributed by atoms with E-state index in [1.54, 1.807) is 13.8 Å². The summed E-state index contributed by atoms with van der Waals surface area (Å²) in [5.74, 6) is -0.614. The zero-order chi connectivity index (χ0) is 13.7. The number of amides is 1. The van der Waals surface area contributed by atoms with Gasteiger partial charge in [-0.25, -0.2) is 17.9 Å². The number of carbonyl (C=O) groups is 1. The minimum Gasteiger partial charge on any atom is -0.595 e. The predicted molar refractivity (Wildman–Crippen MR) is 60.7 cm³/mol. The van der Waals surface area contributed by atoms with Crippen LogP contribution in [0.5, 0.6) is 0 Å². The van der Waals surface area contributed by atoms with Gasteiger partial charge in [-0.15, -0.1) is 0 Å². The molecular formula is C10H12N2O5S. The molecule has 0 saturated heterocycles. The van der Waals surface area contributed by atoms with Gasteiger partial charge in [0.25, 0.3) is 15.9 Å². The van der Waals surface area contributed by atoms with Crippen LogP contribution in [0.4, 0.5) is 5.69 Å². The summed E-state index contributed by atoms with van der Waals surface area (Å²) in [5, 5.41) is 18.4. The first-order chi connectivity index (χ1) is 8.26. The minimum absolute atomic E-state index is 0.0219. The molecule has 1 amide bonds. The van der Waals surface area contributed by atoms with Crippen molar-refractivity contribution in [2.75, 3.05) is 0 Å². The van der Waals surface area contributed by atoms with Crippen LogP contribution in [-0.2, 0) is 10.0 Å². The van der Waals surface area contributed by atoms with Gasteiger partial charge in [0, 0.05) is 18.2 Å². The SMILES string of the molecule is CC(C)N1C(=O)c2ccc([NH+]([O-])O)cc2S1(=O)=O. The molecule has 0 saturated carbocycles. The first-order valence-corrected chi connectivity index (χ1v) is 6.67. The highest BCUT2D eigenvalue weighted by Gasteiger charge is 2.43. The minimum atomic E-state index is -3.93. The first-order valence-electron chi connectivity index (χ1n) is 5.23. The van der Waals surface area contributed by atoms with Crippen LogP contribution >= 0.6 is 0 Å². The summed E-state index contributed by atoms with van der Waals surface area (Å²) in [4.78, 5) is 11.7. The fourth-order valence-corrected chi connectivity index (χ4v) is 3.68. The van der Waals surface area contributed by atoms with Crippen molar-refractivity contribution in [2.45, 2.75) is 24.8 Å². The van der Waals surface area contributed by atoms with Gasteiger partial charge >= 0.3 is 0 Å². The fourth-order valence-electron chi connectivity index (χ4n) is 1.89. The third kappa shape index (κ3) is 1.70. The number of nitrogens with zero attached hydrogens (tertiary/aromatic N) is 1. The molecule has 1 atom stereocenters. The third-order valence-electron chi connectivity index (χ3n) is 2.67. The molecule has 0 aromatic heterocycles. The highest BCUT2D eigenvalue weighted by Crippen LogP contribution is 2.32. The maximum absolute atomic E-state index is 12.1. The molecule has 0 bridgehead atoms. The van der Waals surface area contributed by atoms with Crippen molar-refractivity contribution in [1.29, 1.82) is 0 Å². The largest absolute Gasteiger partial charge is 0.595 e. The lowest BCUT2D eigenvalue weighted by atomic mass is 10.2. The molecule has 0 aliphatic carbocycles. The Bertz CT molecular complexity index is 609. The Morgan fingerprint density at radius 1 is 1.39 bits per heavy atom. The molecule has 1 aliphatic rings. The zero-order valence-electron chi connectivity index (χ0n) is 9.75. The van der Waals surface area contributed by atoms with Crippen LogP contribution in [0.1, 0.15) is 24.2 Å². The highest BCUT2D eigenvalue weighted by molar-refractivity contribution is 7.90. The second-order valence-electron chi connectivity index (χ2n) is 4.22. The maximum atomic E-state index is 12.1. The Kier molecular flexibility index (Phi) is 2.90. The van der Waals surface area contributed by atoms with Crippen LogP contribution in [0.25, 0.3) is 0 Å². The summed E-state index contributed by atoms with van der Waals surface area (Å²) >= 11 is 0. The zero-order valence-corrected chi connectivity index (χ0v) is 10.6. The van der Waals surface area contributed by atoms with Gasteiger partial charge < -0.3 is 5.21 Å². The number of fused-ring (bicyclic) bond motifs is 1. The normalized spacial score (nSPS) is 19.2. The smallest absolute Gasteiger partial charge is 0.269 e. The average Bonchev–Trinajstić information content (AvgIpc) is 2.46. The number of rotatable bonds is 2. The van der Waals surface area contributed by atoms with Crippen LogP contribution < -0.4 is 5.23 Å². The van der Waals surface area contributed by atoms with E-state index in [4.69, 9.17) is 5.21 Å². The van der Waals surface area contributed by atoms with Gasteiger partial charge in [-0.2, -0.15) is 5.23 Å². The Morgan fingerprint density at radius 2 is 2.00 bits per heavy atom. The molecule has 7 nitrogen and oxygen atoms in total. The van der Waals surface area contributed by atoms with Crippen molar-refractivity contribution in [2.24, 2.45) is 0 Å². The van der Waals surface area contributed by atoms with Gasteiger partial charge in [-0.3, -0.25) is 4.79 Å². The Hall–Kier alpha value is -1.48. The Morgan fingerprint density at radius 3 is 2.50 bits per heavy atom. The van der Waals surface area contributed by atoms with Gasteiger partial charge in [-0.1, -0.05) is 0 Å². The molecule has 1 aliphatic heterocycles. The number of nitrogens with one attached hydrogen (secondary N) is 1. The van der Waals surface area contributed by atoms with Crippen molar-refractivity contribution < 1.29 is 23.6 Å². The number of benzene rings is 1. The summed E-state index contributed by atoms with van der Waals surface area (Å²) in [6.45, 7) is 3.17. The van der Waals surface area contributed by atoms with Crippen molar-refractivity contribution in [3.8, 4) is 0 Å². The molecule has 98 valence electrons. The number of hydrogen-bond acceptors (Lipinski definition) is 5. The second-order valence-corrected chi connectivity index (χ2v) is 6.00. The lowest BCUT2D eigenvalue weighted by Crippen LogP contribution is -2.99. The molecule has 18 heavy (non-hydrogen) atoms. The van der Waals surface area contributed by atoms with Crippen molar-refractivity contribution in [3.63, 3.8) is 0 Å². The first kappa shape index (κ1) is 13.0. The standard InChI is InChI=1S/C10H12N2O5S/c1-6(2)11-10(13)8-4-3-7(12(14)15)5-9(8)18(11,16)17/h3-6,12,14H,1-2H3. The summed E-state index contributed by atoms with van der Waals surface area (Å²) in [7, 11) is -3.93. The molecular weight excluding hydrogens is 260 g/mol. The molecule has 2 rings (SSSR count). The van der Waals surface area contributed by atoms with E-state index in [0.29, 0.717) is 0 Å². The monoisotopic (exact) mass is 272 g/mol. The molecule has 2 N–H and O–H groups in total. The van der Waals surface area contributed by atoms with E-state index < -0.39 is 27.2 Å². The molecule has 8 heteroatoms. The van der Waals surface area contributed by atoms with Crippen LogP contribution in [0, 0.1) is 5.21 Å². The Balaban J connectivity index is 2.66. The molecule has 1 heterocycles. The molecule has 1 unspecified atom stereocenters. The highest BCUT2D eigenvalue weighted by atomic mass is 32.2. The summed E-state index contributed by atoms with van der Waals surface area (Å²) in [6, 6.07) is 2.97. The van der Waals surface area contributed by atoms with E-state index >= 15 is 0 Å². The Labute approximate surface area is 104 Å². The van der Waals surface area contributed by atoms with E-state index in [0.717, 1.165) is 10.4 Å². The van der Waals surface area contributed by atoms with E-state index in [1.165, 1.54) is 12.1 Å². The van der Waals surface area contributed by atoms with Crippen LogP contribution in [0.2, 0.25) is 0 Å². The van der Waals surface area contributed by atoms with Gasteiger partial charge in [0.15, 0.2) is 5.69 Å². The summed E-state index contributed by atoms with van der Waals surface area (Å²) < 4.78 is 25.0. The predicted octanol–water partition coefficient (Wildman–Crippen LogP) is -0.357. The van der Waals surface area contributed by atoms with Gasteiger partial charge in [0.1, 0.15) is 4.90 Å². The molecule has 0 fully saturated rings. The maximum Gasteiger partial charge on any atom is 0.269 e. The second kappa shape index (κ2) is 4.02. The van der Waals surface area contributed by atoms with E-state index in [9.17, 15) is 18.4 Å². The van der Waals surface area contributed by atoms with E-state index in [-0.39, 0.29) is 16.1 Å². The van der Waals surface area contributed by atoms with Gasteiger partial charge in [0.05, 0.1) is 5.56 Å². The van der Waals surface area contributed by atoms with Crippen molar-refractivity contribution in [1.82, 2.24) is 4.31 Å². The number of sulfonamides is 1. The summed E-state index contributed by atoms with van der Waals surface area (Å²) in [6.07, 6.45) is 0. The average molecular weight is 272 g/mol. The number of quaternary nitrogens is 1. The number of carbonyl (C=O) groups excluding carboxylic acids is 1. The molecule has 0 spiro atoms. The van der Waals surface area contributed by atoms with Crippen molar-refractivity contribution >= 4 is 21.6 Å². The topological polar surface area (TPSA) is 102 Å². The number of hydrogen-bond donors (Lipinski definition) is 2. The lowest BCUT2D eigenvalue weighted by Gasteiger charge is -2.18. The van der Waals surface area contributed by atoms with Crippen LogP contribution in [0.3, 0.4) is 0 Å². The lowest BCUT2D eigenvalue weighted by molar-refractivity contribution is -0.991. The fraction of sp³-hybridized carbons (Fsp3) is 0.300. The molecule has 0 radical (unpaired) electrons. The molecule has 1 aromatic carbocycles. The van der Waals surface area contributed by atoms with Crippen molar-refractivity contribution in [3.05, 3.63) is 29.0 Å². The van der Waals surface area contributed by atoms with Crippen LogP contribution in [-0.4, -0.2) is 29.9 Å².